The van der Waals surface area contributed by atoms with Gasteiger partial charge >= 0.3 is 0 Å². The van der Waals surface area contributed by atoms with Crippen molar-refractivity contribution in [2.75, 3.05) is 36.5 Å². The minimum absolute atomic E-state index is 0.00564. The number of nitrogens with zero attached hydrogens (tertiary/aromatic N) is 2. The predicted octanol–water partition coefficient (Wildman–Crippen LogP) is 3.12. The first-order valence-corrected chi connectivity index (χ1v) is 9.79. The number of benzene rings is 2. The van der Waals surface area contributed by atoms with E-state index in [0.29, 0.717) is 44.2 Å². The fourth-order valence-corrected chi connectivity index (χ4v) is 3.46. The molecule has 0 saturated carbocycles. The SMILES string of the molecule is O=C(Nc1ccc(N2CCOCC2)c(F)c1)c1cccn(Cc2ccccc2)c1=O. The Morgan fingerprint density at radius 1 is 1.03 bits per heavy atom. The van der Waals surface area contributed by atoms with Gasteiger partial charge in [0.2, 0.25) is 0 Å². The molecular weight excluding hydrogens is 385 g/mol. The highest BCUT2D eigenvalue weighted by molar-refractivity contribution is 6.04. The summed E-state index contributed by atoms with van der Waals surface area (Å²) in [5.74, 6) is -0.995. The van der Waals surface area contributed by atoms with E-state index in [1.807, 2.05) is 35.2 Å². The molecule has 1 N–H and O–H groups in total. The Morgan fingerprint density at radius 3 is 2.53 bits per heavy atom. The maximum absolute atomic E-state index is 14.6. The van der Waals surface area contributed by atoms with Crippen molar-refractivity contribution in [2.45, 2.75) is 6.54 Å². The number of nitrogens with one attached hydrogen (secondary N) is 1. The first-order chi connectivity index (χ1) is 14.6. The molecule has 30 heavy (non-hydrogen) atoms. The number of anilines is 2. The van der Waals surface area contributed by atoms with Gasteiger partial charge in [-0.1, -0.05) is 30.3 Å². The molecule has 1 aromatic heterocycles. The number of pyridine rings is 1. The second-order valence-corrected chi connectivity index (χ2v) is 7.06. The van der Waals surface area contributed by atoms with Crippen molar-refractivity contribution >= 4 is 17.3 Å². The van der Waals surface area contributed by atoms with Gasteiger partial charge < -0.3 is 19.5 Å². The molecule has 1 saturated heterocycles. The molecule has 1 aliphatic rings. The van der Waals surface area contributed by atoms with Gasteiger partial charge in [0.25, 0.3) is 11.5 Å². The second kappa shape index (κ2) is 8.92. The van der Waals surface area contributed by atoms with Gasteiger partial charge in [0, 0.05) is 25.0 Å². The van der Waals surface area contributed by atoms with Crippen molar-refractivity contribution in [1.82, 2.24) is 4.57 Å². The fraction of sp³-hybridized carbons (Fsp3) is 0.217. The smallest absolute Gasteiger partial charge is 0.263 e. The largest absolute Gasteiger partial charge is 0.378 e. The van der Waals surface area contributed by atoms with Gasteiger partial charge in [0.1, 0.15) is 11.4 Å². The van der Waals surface area contributed by atoms with Crippen molar-refractivity contribution < 1.29 is 13.9 Å². The molecule has 0 spiro atoms. The average molecular weight is 407 g/mol. The molecule has 3 aromatic rings. The standard InChI is InChI=1S/C23H22FN3O3/c24-20-15-18(8-9-21(20)26-11-13-30-14-12-26)25-22(28)19-7-4-10-27(23(19)29)16-17-5-2-1-3-6-17/h1-10,15H,11-14,16H2,(H,25,28). The van der Waals surface area contributed by atoms with Gasteiger partial charge in [-0.05, 0) is 35.9 Å². The van der Waals surface area contributed by atoms with Gasteiger partial charge in [-0.25, -0.2) is 4.39 Å². The van der Waals surface area contributed by atoms with E-state index in [1.165, 1.54) is 16.7 Å². The molecule has 1 fully saturated rings. The summed E-state index contributed by atoms with van der Waals surface area (Å²) < 4.78 is 21.3. The third-order valence-electron chi connectivity index (χ3n) is 5.02. The van der Waals surface area contributed by atoms with Crippen molar-refractivity contribution in [3.63, 3.8) is 0 Å². The van der Waals surface area contributed by atoms with E-state index in [4.69, 9.17) is 4.74 Å². The Hall–Kier alpha value is -3.45. The summed E-state index contributed by atoms with van der Waals surface area (Å²) in [4.78, 5) is 27.3. The van der Waals surface area contributed by atoms with Gasteiger partial charge in [-0.15, -0.1) is 0 Å². The molecule has 4 rings (SSSR count). The first-order valence-electron chi connectivity index (χ1n) is 9.79. The fourth-order valence-electron chi connectivity index (χ4n) is 3.46. The molecule has 1 aliphatic heterocycles. The van der Waals surface area contributed by atoms with E-state index in [1.54, 1.807) is 24.4 Å². The quantitative estimate of drug-likeness (QED) is 0.706. The minimum atomic E-state index is -0.569. The normalized spacial score (nSPS) is 13.8. The molecular formula is C23H22FN3O3. The molecule has 1 amide bonds. The second-order valence-electron chi connectivity index (χ2n) is 7.06. The van der Waals surface area contributed by atoms with Crippen LogP contribution in [0.1, 0.15) is 15.9 Å². The summed E-state index contributed by atoms with van der Waals surface area (Å²) >= 11 is 0. The van der Waals surface area contributed by atoms with E-state index in [-0.39, 0.29) is 5.56 Å². The number of amides is 1. The van der Waals surface area contributed by atoms with Crippen molar-refractivity contribution in [3.8, 4) is 0 Å². The number of ether oxygens (including phenoxy) is 1. The van der Waals surface area contributed by atoms with Crippen LogP contribution in [0.25, 0.3) is 0 Å². The molecule has 0 unspecified atom stereocenters. The third kappa shape index (κ3) is 4.41. The van der Waals surface area contributed by atoms with Crippen LogP contribution in [0, 0.1) is 5.82 Å². The number of hydrogen-bond donors (Lipinski definition) is 1. The number of carbonyl (C=O) groups is 1. The highest BCUT2D eigenvalue weighted by Crippen LogP contribution is 2.24. The number of rotatable bonds is 5. The van der Waals surface area contributed by atoms with Crippen LogP contribution in [-0.2, 0) is 11.3 Å². The summed E-state index contributed by atoms with van der Waals surface area (Å²) in [6.45, 7) is 2.72. The van der Waals surface area contributed by atoms with Gasteiger partial charge in [0.05, 0.1) is 25.4 Å². The third-order valence-corrected chi connectivity index (χ3v) is 5.02. The van der Waals surface area contributed by atoms with E-state index in [0.717, 1.165) is 5.56 Å². The van der Waals surface area contributed by atoms with Gasteiger partial charge in [-0.3, -0.25) is 9.59 Å². The van der Waals surface area contributed by atoms with Crippen LogP contribution in [-0.4, -0.2) is 36.8 Å². The predicted molar refractivity (Wildman–Crippen MR) is 114 cm³/mol. The average Bonchev–Trinajstić information content (AvgIpc) is 2.76. The van der Waals surface area contributed by atoms with Crippen molar-refractivity contribution in [3.05, 3.63) is 94.2 Å². The van der Waals surface area contributed by atoms with Gasteiger partial charge in [0.15, 0.2) is 0 Å². The summed E-state index contributed by atoms with van der Waals surface area (Å²) in [6, 6.07) is 17.2. The summed E-state index contributed by atoms with van der Waals surface area (Å²) in [5.41, 5.74) is 1.34. The van der Waals surface area contributed by atoms with E-state index < -0.39 is 17.3 Å². The van der Waals surface area contributed by atoms with Crippen molar-refractivity contribution in [1.29, 1.82) is 0 Å². The lowest BCUT2D eigenvalue weighted by molar-refractivity contribution is 0.102. The zero-order valence-electron chi connectivity index (χ0n) is 16.4. The maximum Gasteiger partial charge on any atom is 0.263 e. The Labute approximate surface area is 173 Å². The zero-order valence-corrected chi connectivity index (χ0v) is 16.4. The molecule has 0 atom stereocenters. The topological polar surface area (TPSA) is 63.6 Å². The van der Waals surface area contributed by atoms with Crippen LogP contribution in [0.5, 0.6) is 0 Å². The Balaban J connectivity index is 1.50. The lowest BCUT2D eigenvalue weighted by Crippen LogP contribution is -2.36. The minimum Gasteiger partial charge on any atom is -0.378 e. The molecule has 6 nitrogen and oxygen atoms in total. The highest BCUT2D eigenvalue weighted by Gasteiger charge is 2.17. The Bertz CT molecular complexity index is 1090. The molecule has 7 heteroatoms. The van der Waals surface area contributed by atoms with Crippen LogP contribution in [0.3, 0.4) is 0 Å². The number of morpholine rings is 1. The van der Waals surface area contributed by atoms with Crippen molar-refractivity contribution in [2.24, 2.45) is 0 Å². The summed E-state index contributed by atoms with van der Waals surface area (Å²) in [7, 11) is 0. The number of halogens is 1. The van der Waals surface area contributed by atoms with Crippen LogP contribution in [0.2, 0.25) is 0 Å². The molecule has 0 bridgehead atoms. The van der Waals surface area contributed by atoms with Crippen LogP contribution in [0.4, 0.5) is 15.8 Å². The molecule has 0 radical (unpaired) electrons. The molecule has 154 valence electrons. The lowest BCUT2D eigenvalue weighted by Gasteiger charge is -2.29. The Morgan fingerprint density at radius 2 is 1.80 bits per heavy atom. The first kappa shape index (κ1) is 19.8. The number of hydrogen-bond acceptors (Lipinski definition) is 4. The highest BCUT2D eigenvalue weighted by atomic mass is 19.1. The molecule has 2 heterocycles. The van der Waals surface area contributed by atoms with E-state index >= 15 is 0 Å². The van der Waals surface area contributed by atoms with Crippen LogP contribution in [0.15, 0.2) is 71.7 Å². The van der Waals surface area contributed by atoms with E-state index in [2.05, 4.69) is 5.32 Å². The summed E-state index contributed by atoms with van der Waals surface area (Å²) in [5, 5.41) is 2.63. The number of aromatic nitrogens is 1. The maximum atomic E-state index is 14.6. The van der Waals surface area contributed by atoms with Crippen LogP contribution < -0.4 is 15.8 Å². The number of carbonyl (C=O) groups excluding carboxylic acids is 1. The molecule has 2 aromatic carbocycles. The van der Waals surface area contributed by atoms with Gasteiger partial charge in [-0.2, -0.15) is 0 Å². The summed E-state index contributed by atoms with van der Waals surface area (Å²) in [6.07, 6.45) is 1.64. The lowest BCUT2D eigenvalue weighted by atomic mass is 10.2. The monoisotopic (exact) mass is 407 g/mol. The Kier molecular flexibility index (Phi) is 5.90. The van der Waals surface area contributed by atoms with E-state index in [9.17, 15) is 14.0 Å². The zero-order chi connectivity index (χ0) is 20.9. The van der Waals surface area contributed by atoms with Crippen LogP contribution >= 0.6 is 0 Å². The molecule has 0 aliphatic carbocycles.